The number of methoxy groups -OCH3 is 2. The topological polar surface area (TPSA) is 123 Å². The summed E-state index contributed by atoms with van der Waals surface area (Å²) in [5.41, 5.74) is 3.70. The van der Waals surface area contributed by atoms with Gasteiger partial charge in [0.25, 0.3) is 0 Å². The van der Waals surface area contributed by atoms with Crippen LogP contribution in [0, 0.1) is 45.3 Å². The molecule has 0 aromatic heterocycles. The molecule has 4 aromatic rings. The summed E-state index contributed by atoms with van der Waals surface area (Å²) in [7, 11) is 3.08. The van der Waals surface area contributed by atoms with Crippen molar-refractivity contribution in [2.24, 2.45) is 0 Å². The minimum atomic E-state index is 0.333. The zero-order valence-corrected chi connectivity index (χ0v) is 19.9. The van der Waals surface area contributed by atoms with Gasteiger partial charge in [-0.3, -0.25) is 0 Å². The molecule has 0 radical (unpaired) electrons. The lowest BCUT2D eigenvalue weighted by molar-refractivity contribution is 0.411. The molecular formula is C30H18N4O3. The Kier molecular flexibility index (Phi) is 7.02. The standard InChI is InChI=1S/C30H18N4O3/c1-35-24-5-7-29(27(13-24)23-10-20(16-32)9-21(11-23)17-33)37-30-8-6-25(36-2)14-28(30)26-12-19(15-31)3-4-22(26)18-34/h3-14H,1-2H3. The average molecular weight is 482 g/mol. The van der Waals surface area contributed by atoms with Crippen LogP contribution in [0.3, 0.4) is 0 Å². The second-order valence-electron chi connectivity index (χ2n) is 7.83. The van der Waals surface area contributed by atoms with Crippen LogP contribution < -0.4 is 14.2 Å². The third-order valence-electron chi connectivity index (χ3n) is 5.65. The van der Waals surface area contributed by atoms with Gasteiger partial charge in [0.1, 0.15) is 23.0 Å². The van der Waals surface area contributed by atoms with Gasteiger partial charge in [-0.25, -0.2) is 0 Å². The molecule has 0 aliphatic rings. The van der Waals surface area contributed by atoms with Crippen molar-refractivity contribution in [3.8, 4) is 69.5 Å². The zero-order chi connectivity index (χ0) is 26.4. The van der Waals surface area contributed by atoms with Crippen molar-refractivity contribution in [1.29, 1.82) is 21.0 Å². The Balaban J connectivity index is 1.92. The molecule has 7 heteroatoms. The molecule has 0 heterocycles. The molecule has 4 aromatic carbocycles. The minimum Gasteiger partial charge on any atom is -0.497 e. The van der Waals surface area contributed by atoms with E-state index in [0.29, 0.717) is 67.5 Å². The molecule has 0 N–H and O–H groups in total. The Hall–Kier alpha value is -5.76. The van der Waals surface area contributed by atoms with E-state index in [2.05, 4.69) is 24.3 Å². The SMILES string of the molecule is COc1ccc(Oc2ccc(OC)cc2-c2cc(C#N)ccc2C#N)c(-c2cc(C#N)cc(C#N)c2)c1. The predicted molar refractivity (Wildman–Crippen MR) is 136 cm³/mol. The summed E-state index contributed by atoms with van der Waals surface area (Å²) in [4.78, 5) is 0. The second kappa shape index (κ2) is 10.7. The number of hydrogen-bond donors (Lipinski definition) is 0. The Morgan fingerprint density at radius 2 is 1.08 bits per heavy atom. The lowest BCUT2D eigenvalue weighted by Gasteiger charge is -2.17. The fourth-order valence-electron chi connectivity index (χ4n) is 3.85. The van der Waals surface area contributed by atoms with Gasteiger partial charge in [-0.05, 0) is 78.4 Å². The van der Waals surface area contributed by atoms with Crippen molar-refractivity contribution in [2.75, 3.05) is 14.2 Å². The fourth-order valence-corrected chi connectivity index (χ4v) is 3.85. The second-order valence-corrected chi connectivity index (χ2v) is 7.83. The molecule has 0 atom stereocenters. The quantitative estimate of drug-likeness (QED) is 0.315. The molecular weight excluding hydrogens is 464 g/mol. The number of ether oxygens (including phenoxy) is 3. The van der Waals surface area contributed by atoms with Gasteiger partial charge in [-0.1, -0.05) is 0 Å². The van der Waals surface area contributed by atoms with E-state index in [9.17, 15) is 21.0 Å². The third kappa shape index (κ3) is 5.03. The zero-order valence-electron chi connectivity index (χ0n) is 19.9. The van der Waals surface area contributed by atoms with Crippen molar-refractivity contribution < 1.29 is 14.2 Å². The molecule has 0 fully saturated rings. The van der Waals surface area contributed by atoms with E-state index in [1.165, 1.54) is 13.2 Å². The van der Waals surface area contributed by atoms with E-state index in [4.69, 9.17) is 14.2 Å². The van der Waals surface area contributed by atoms with Crippen LogP contribution in [-0.4, -0.2) is 14.2 Å². The summed E-state index contributed by atoms with van der Waals surface area (Å²) in [6.45, 7) is 0. The number of nitriles is 4. The molecule has 0 unspecified atom stereocenters. The predicted octanol–water partition coefficient (Wildman–Crippen LogP) is 6.32. The highest BCUT2D eigenvalue weighted by Gasteiger charge is 2.17. The van der Waals surface area contributed by atoms with Crippen molar-refractivity contribution in [3.05, 3.63) is 95.1 Å². The van der Waals surface area contributed by atoms with E-state index in [1.54, 1.807) is 73.8 Å². The number of rotatable bonds is 6. The van der Waals surface area contributed by atoms with Gasteiger partial charge in [0.15, 0.2) is 0 Å². The summed E-state index contributed by atoms with van der Waals surface area (Å²) < 4.78 is 17.2. The van der Waals surface area contributed by atoms with Gasteiger partial charge in [0.2, 0.25) is 0 Å². The van der Waals surface area contributed by atoms with Crippen LogP contribution in [0.5, 0.6) is 23.0 Å². The lowest BCUT2D eigenvalue weighted by Crippen LogP contribution is -1.96. The van der Waals surface area contributed by atoms with E-state index in [1.807, 2.05) is 0 Å². The highest BCUT2D eigenvalue weighted by Crippen LogP contribution is 2.42. The van der Waals surface area contributed by atoms with Crippen LogP contribution >= 0.6 is 0 Å². The van der Waals surface area contributed by atoms with Crippen LogP contribution in [0.2, 0.25) is 0 Å². The molecule has 0 spiro atoms. The van der Waals surface area contributed by atoms with Crippen LogP contribution in [0.1, 0.15) is 22.3 Å². The highest BCUT2D eigenvalue weighted by molar-refractivity contribution is 5.80. The largest absolute Gasteiger partial charge is 0.497 e. The van der Waals surface area contributed by atoms with Crippen LogP contribution in [-0.2, 0) is 0 Å². The molecule has 176 valence electrons. The van der Waals surface area contributed by atoms with Crippen molar-refractivity contribution >= 4 is 0 Å². The minimum absolute atomic E-state index is 0.333. The third-order valence-corrected chi connectivity index (χ3v) is 5.65. The number of hydrogen-bond acceptors (Lipinski definition) is 7. The summed E-state index contributed by atoms with van der Waals surface area (Å²) in [6, 6.07) is 28.5. The summed E-state index contributed by atoms with van der Waals surface area (Å²) in [5.74, 6) is 1.95. The number of nitrogens with zero attached hydrogens (tertiary/aromatic N) is 4. The Morgan fingerprint density at radius 3 is 1.62 bits per heavy atom. The van der Waals surface area contributed by atoms with Crippen molar-refractivity contribution in [2.45, 2.75) is 0 Å². The van der Waals surface area contributed by atoms with Gasteiger partial charge >= 0.3 is 0 Å². The fraction of sp³-hybridized carbons (Fsp3) is 0.0667. The van der Waals surface area contributed by atoms with Gasteiger partial charge in [-0.15, -0.1) is 0 Å². The van der Waals surface area contributed by atoms with E-state index >= 15 is 0 Å². The Morgan fingerprint density at radius 1 is 0.514 bits per heavy atom. The van der Waals surface area contributed by atoms with Crippen molar-refractivity contribution in [3.63, 3.8) is 0 Å². The lowest BCUT2D eigenvalue weighted by atomic mass is 9.96. The van der Waals surface area contributed by atoms with Crippen LogP contribution in [0.25, 0.3) is 22.3 Å². The smallest absolute Gasteiger partial charge is 0.135 e. The first-order valence-electron chi connectivity index (χ1n) is 11.0. The Labute approximate surface area is 214 Å². The molecule has 4 rings (SSSR count). The molecule has 0 saturated heterocycles. The summed E-state index contributed by atoms with van der Waals surface area (Å²) >= 11 is 0. The molecule has 0 bridgehead atoms. The normalized spacial score (nSPS) is 9.78. The Bertz CT molecular complexity index is 1650. The summed E-state index contributed by atoms with van der Waals surface area (Å²) in [6.07, 6.45) is 0. The van der Waals surface area contributed by atoms with Crippen LogP contribution in [0.4, 0.5) is 0 Å². The van der Waals surface area contributed by atoms with Gasteiger partial charge in [0, 0.05) is 16.7 Å². The molecule has 37 heavy (non-hydrogen) atoms. The summed E-state index contributed by atoms with van der Waals surface area (Å²) in [5, 5.41) is 38.1. The maximum Gasteiger partial charge on any atom is 0.135 e. The molecule has 0 aliphatic heterocycles. The van der Waals surface area contributed by atoms with Gasteiger partial charge in [-0.2, -0.15) is 21.0 Å². The molecule has 0 saturated carbocycles. The molecule has 0 aliphatic carbocycles. The first-order valence-corrected chi connectivity index (χ1v) is 11.0. The first kappa shape index (κ1) is 24.4. The maximum atomic E-state index is 9.73. The van der Waals surface area contributed by atoms with E-state index in [0.717, 1.165) is 0 Å². The van der Waals surface area contributed by atoms with Crippen molar-refractivity contribution in [1.82, 2.24) is 0 Å². The number of benzene rings is 4. The molecule has 7 nitrogen and oxygen atoms in total. The van der Waals surface area contributed by atoms with Gasteiger partial charge in [0.05, 0.1) is 60.8 Å². The monoisotopic (exact) mass is 482 g/mol. The first-order chi connectivity index (χ1) is 18.0. The maximum absolute atomic E-state index is 9.73. The van der Waals surface area contributed by atoms with E-state index < -0.39 is 0 Å². The van der Waals surface area contributed by atoms with Gasteiger partial charge < -0.3 is 14.2 Å². The van der Waals surface area contributed by atoms with Crippen LogP contribution in [0.15, 0.2) is 72.8 Å². The van der Waals surface area contributed by atoms with E-state index in [-0.39, 0.29) is 0 Å². The molecule has 0 amide bonds. The highest BCUT2D eigenvalue weighted by atomic mass is 16.5. The average Bonchev–Trinajstić information content (AvgIpc) is 2.96.